The molecule has 0 atom stereocenters. The zero-order chi connectivity index (χ0) is 13.0. The van der Waals surface area contributed by atoms with Gasteiger partial charge in [-0.3, -0.25) is 0 Å². The van der Waals surface area contributed by atoms with Crippen LogP contribution < -0.4 is 5.32 Å². The van der Waals surface area contributed by atoms with Gasteiger partial charge < -0.3 is 15.0 Å². The van der Waals surface area contributed by atoms with E-state index in [4.69, 9.17) is 0 Å². The molecule has 1 heterocycles. The highest BCUT2D eigenvalue weighted by molar-refractivity contribution is 5.35. The molecule has 0 amide bonds. The van der Waals surface area contributed by atoms with Crippen LogP contribution in [0.25, 0.3) is 0 Å². The zero-order valence-electron chi connectivity index (χ0n) is 10.7. The second-order valence-corrected chi connectivity index (χ2v) is 4.42. The van der Waals surface area contributed by atoms with Crippen molar-refractivity contribution in [1.82, 2.24) is 20.1 Å². The molecule has 0 aliphatic heterocycles. The lowest BCUT2D eigenvalue weighted by Crippen LogP contribution is -2.18. The van der Waals surface area contributed by atoms with E-state index in [1.807, 2.05) is 30.7 Å². The van der Waals surface area contributed by atoms with E-state index in [9.17, 15) is 5.11 Å². The quantitative estimate of drug-likeness (QED) is 0.777. The Morgan fingerprint density at radius 2 is 2.22 bits per heavy atom. The Hall–Kier alpha value is -1.88. The first-order chi connectivity index (χ1) is 8.66. The molecule has 1 aromatic carbocycles. The highest BCUT2D eigenvalue weighted by Gasteiger charge is 2.02. The van der Waals surface area contributed by atoms with E-state index >= 15 is 0 Å². The molecule has 2 N–H and O–H groups in total. The highest BCUT2D eigenvalue weighted by atomic mass is 16.3. The zero-order valence-corrected chi connectivity index (χ0v) is 10.7. The maximum absolute atomic E-state index is 9.70. The number of nitrogens with zero attached hydrogens (tertiary/aromatic N) is 3. The molecule has 0 saturated heterocycles. The topological polar surface area (TPSA) is 63.0 Å². The van der Waals surface area contributed by atoms with Crippen molar-refractivity contribution >= 4 is 0 Å². The molecule has 96 valence electrons. The Morgan fingerprint density at radius 3 is 2.94 bits per heavy atom. The normalized spacial score (nSPS) is 10.8. The van der Waals surface area contributed by atoms with Crippen LogP contribution in [0.5, 0.6) is 5.75 Å². The molecule has 0 aliphatic rings. The van der Waals surface area contributed by atoms with Gasteiger partial charge in [0, 0.05) is 32.1 Å². The minimum atomic E-state index is 0.340. The minimum Gasteiger partial charge on any atom is -0.508 e. The van der Waals surface area contributed by atoms with Crippen LogP contribution in [0.2, 0.25) is 0 Å². The lowest BCUT2D eigenvalue weighted by Gasteiger charge is -2.07. The Bertz CT molecular complexity index is 521. The van der Waals surface area contributed by atoms with Crippen LogP contribution in [-0.4, -0.2) is 26.4 Å². The summed E-state index contributed by atoms with van der Waals surface area (Å²) >= 11 is 0. The first kappa shape index (κ1) is 12.6. The molecule has 5 nitrogen and oxygen atoms in total. The van der Waals surface area contributed by atoms with Crippen molar-refractivity contribution in [3.05, 3.63) is 41.5 Å². The molecule has 2 aromatic rings. The van der Waals surface area contributed by atoms with Crippen LogP contribution in [0.1, 0.15) is 17.0 Å². The van der Waals surface area contributed by atoms with Crippen molar-refractivity contribution in [3.63, 3.8) is 0 Å². The highest BCUT2D eigenvalue weighted by Crippen LogP contribution is 2.17. The molecule has 0 unspecified atom stereocenters. The van der Waals surface area contributed by atoms with E-state index in [-0.39, 0.29) is 0 Å². The maximum Gasteiger partial charge on any atom is 0.133 e. The number of hydrogen-bond acceptors (Lipinski definition) is 4. The SMILES string of the molecule is Cc1ccc(O)c(CNCCc2nncn2C)c1. The van der Waals surface area contributed by atoms with Crippen molar-refractivity contribution in [2.24, 2.45) is 7.05 Å². The fourth-order valence-electron chi connectivity index (χ4n) is 1.81. The number of phenols is 1. The summed E-state index contributed by atoms with van der Waals surface area (Å²) in [6.07, 6.45) is 2.52. The van der Waals surface area contributed by atoms with Gasteiger partial charge in [-0.05, 0) is 13.0 Å². The average molecular weight is 246 g/mol. The number of phenolic OH excluding ortho intramolecular Hbond substituents is 1. The van der Waals surface area contributed by atoms with E-state index in [0.29, 0.717) is 12.3 Å². The monoisotopic (exact) mass is 246 g/mol. The second kappa shape index (κ2) is 5.64. The maximum atomic E-state index is 9.70. The molecule has 5 heteroatoms. The molecule has 0 radical (unpaired) electrons. The first-order valence-corrected chi connectivity index (χ1v) is 5.99. The van der Waals surface area contributed by atoms with E-state index in [2.05, 4.69) is 15.5 Å². The number of hydrogen-bond donors (Lipinski definition) is 2. The number of rotatable bonds is 5. The molecular weight excluding hydrogens is 228 g/mol. The van der Waals surface area contributed by atoms with Crippen LogP contribution in [0.4, 0.5) is 0 Å². The largest absolute Gasteiger partial charge is 0.508 e. The van der Waals surface area contributed by atoms with Crippen molar-refractivity contribution in [2.75, 3.05) is 6.54 Å². The summed E-state index contributed by atoms with van der Waals surface area (Å²) in [5.74, 6) is 1.29. The third-order valence-electron chi connectivity index (χ3n) is 2.88. The summed E-state index contributed by atoms with van der Waals surface area (Å²) in [6.45, 7) is 3.48. The smallest absolute Gasteiger partial charge is 0.133 e. The predicted octanol–water partition coefficient (Wildman–Crippen LogP) is 1.16. The van der Waals surface area contributed by atoms with Crippen LogP contribution in [0.3, 0.4) is 0 Å². The van der Waals surface area contributed by atoms with Gasteiger partial charge in [0.05, 0.1) is 0 Å². The van der Waals surface area contributed by atoms with Crippen molar-refractivity contribution in [1.29, 1.82) is 0 Å². The van der Waals surface area contributed by atoms with Crippen LogP contribution in [0, 0.1) is 6.92 Å². The fraction of sp³-hybridized carbons (Fsp3) is 0.385. The van der Waals surface area contributed by atoms with Crippen molar-refractivity contribution in [2.45, 2.75) is 19.9 Å². The number of aromatic nitrogens is 3. The standard InChI is InChI=1S/C13H18N4O/c1-10-3-4-12(18)11(7-10)8-14-6-5-13-16-15-9-17(13)2/h3-4,7,9,14,18H,5-6,8H2,1-2H3. The van der Waals surface area contributed by atoms with Crippen molar-refractivity contribution in [3.8, 4) is 5.75 Å². The summed E-state index contributed by atoms with van der Waals surface area (Å²) in [5.41, 5.74) is 2.07. The third-order valence-corrected chi connectivity index (χ3v) is 2.88. The first-order valence-electron chi connectivity index (χ1n) is 5.99. The lowest BCUT2D eigenvalue weighted by molar-refractivity contribution is 0.464. The molecule has 0 fully saturated rings. The van der Waals surface area contributed by atoms with Gasteiger partial charge in [0.1, 0.15) is 17.9 Å². The summed E-state index contributed by atoms with van der Waals surface area (Å²) < 4.78 is 1.91. The van der Waals surface area contributed by atoms with Gasteiger partial charge >= 0.3 is 0 Å². The molecule has 1 aromatic heterocycles. The van der Waals surface area contributed by atoms with Gasteiger partial charge in [0.15, 0.2) is 0 Å². The van der Waals surface area contributed by atoms with E-state index in [0.717, 1.165) is 29.9 Å². The van der Waals surface area contributed by atoms with Gasteiger partial charge in [-0.15, -0.1) is 10.2 Å². The van der Waals surface area contributed by atoms with E-state index in [1.54, 1.807) is 12.4 Å². The van der Waals surface area contributed by atoms with Crippen LogP contribution in [-0.2, 0) is 20.0 Å². The molecule has 2 rings (SSSR count). The summed E-state index contributed by atoms with van der Waals surface area (Å²) in [5, 5.41) is 20.8. The molecular formula is C13H18N4O. The Balaban J connectivity index is 1.82. The number of nitrogens with one attached hydrogen (secondary N) is 1. The molecule has 0 saturated carbocycles. The minimum absolute atomic E-state index is 0.340. The summed E-state index contributed by atoms with van der Waals surface area (Å²) in [4.78, 5) is 0. The number of aromatic hydroxyl groups is 1. The van der Waals surface area contributed by atoms with E-state index < -0.39 is 0 Å². The lowest BCUT2D eigenvalue weighted by atomic mass is 10.1. The predicted molar refractivity (Wildman–Crippen MR) is 69.3 cm³/mol. The third kappa shape index (κ3) is 3.07. The number of benzene rings is 1. The molecule has 0 spiro atoms. The summed E-state index contributed by atoms with van der Waals surface area (Å²) in [7, 11) is 1.93. The van der Waals surface area contributed by atoms with Gasteiger partial charge in [-0.1, -0.05) is 17.7 Å². The van der Waals surface area contributed by atoms with Gasteiger partial charge in [-0.2, -0.15) is 0 Å². The van der Waals surface area contributed by atoms with Gasteiger partial charge in [-0.25, -0.2) is 0 Å². The number of aryl methyl sites for hydroxylation is 2. The van der Waals surface area contributed by atoms with Gasteiger partial charge in [0.2, 0.25) is 0 Å². The Morgan fingerprint density at radius 1 is 1.39 bits per heavy atom. The average Bonchev–Trinajstić information content (AvgIpc) is 2.75. The van der Waals surface area contributed by atoms with Gasteiger partial charge in [0.25, 0.3) is 0 Å². The second-order valence-electron chi connectivity index (χ2n) is 4.42. The van der Waals surface area contributed by atoms with E-state index in [1.165, 1.54) is 0 Å². The Labute approximate surface area is 106 Å². The summed E-state index contributed by atoms with van der Waals surface area (Å²) in [6, 6.07) is 5.62. The fourth-order valence-corrected chi connectivity index (χ4v) is 1.81. The Kier molecular flexibility index (Phi) is 3.94. The molecule has 0 bridgehead atoms. The molecule has 0 aliphatic carbocycles. The van der Waals surface area contributed by atoms with Crippen molar-refractivity contribution < 1.29 is 5.11 Å². The molecule has 18 heavy (non-hydrogen) atoms. The van der Waals surface area contributed by atoms with Crippen LogP contribution >= 0.6 is 0 Å². The van der Waals surface area contributed by atoms with Crippen LogP contribution in [0.15, 0.2) is 24.5 Å².